The Morgan fingerprint density at radius 3 is 2.86 bits per heavy atom. The number of nitriles is 1. The first-order chi connectivity index (χ1) is 10.2. The Hall–Kier alpha value is -1.70. The van der Waals surface area contributed by atoms with E-state index in [0.717, 1.165) is 10.4 Å². The Bertz CT molecular complexity index is 685. The Labute approximate surface area is 125 Å². The van der Waals surface area contributed by atoms with Gasteiger partial charge in [0, 0.05) is 19.3 Å². The topological polar surface area (TPSA) is 83.3 Å². The van der Waals surface area contributed by atoms with E-state index in [9.17, 15) is 21.6 Å². The number of ether oxygens (including phenoxy) is 1. The van der Waals surface area contributed by atoms with Crippen molar-refractivity contribution < 1.29 is 26.3 Å². The highest BCUT2D eigenvalue weighted by molar-refractivity contribution is 7.89. The van der Waals surface area contributed by atoms with Gasteiger partial charge in [-0.15, -0.1) is 0 Å². The molecule has 1 saturated heterocycles. The molecule has 2 heterocycles. The molecule has 120 valence electrons. The quantitative estimate of drug-likeness (QED) is 0.831. The van der Waals surface area contributed by atoms with Crippen LogP contribution in [0.15, 0.2) is 23.4 Å². The maximum absolute atomic E-state index is 12.4. The van der Waals surface area contributed by atoms with Gasteiger partial charge in [-0.05, 0) is 12.1 Å². The summed E-state index contributed by atoms with van der Waals surface area (Å²) in [5.41, 5.74) is 0.105. The monoisotopic (exact) mass is 335 g/mol. The smallest absolute Gasteiger partial charge is 0.375 e. The van der Waals surface area contributed by atoms with Crippen LogP contribution in [-0.4, -0.2) is 49.7 Å². The lowest BCUT2D eigenvalue weighted by atomic mass is 10.2. The molecular weight excluding hydrogens is 323 g/mol. The number of morpholine rings is 1. The van der Waals surface area contributed by atoms with Gasteiger partial charge in [0.05, 0.1) is 30.8 Å². The maximum Gasteiger partial charge on any atom is 0.391 e. The van der Waals surface area contributed by atoms with E-state index in [-0.39, 0.29) is 23.7 Å². The summed E-state index contributed by atoms with van der Waals surface area (Å²) in [6.07, 6.45) is -5.73. The molecule has 1 atom stereocenters. The highest BCUT2D eigenvalue weighted by atomic mass is 32.2. The van der Waals surface area contributed by atoms with Crippen LogP contribution in [0.5, 0.6) is 0 Å². The fraction of sp³-hybridized carbons (Fsp3) is 0.500. The zero-order valence-electron chi connectivity index (χ0n) is 11.2. The number of hydrogen-bond donors (Lipinski definition) is 0. The van der Waals surface area contributed by atoms with E-state index < -0.39 is 35.3 Å². The minimum absolute atomic E-state index is 0.0604. The molecule has 1 aromatic heterocycles. The summed E-state index contributed by atoms with van der Waals surface area (Å²) < 4.78 is 67.8. The van der Waals surface area contributed by atoms with E-state index in [0.29, 0.717) is 0 Å². The van der Waals surface area contributed by atoms with E-state index in [1.54, 1.807) is 6.07 Å². The number of hydrogen-bond acceptors (Lipinski definition) is 5. The van der Waals surface area contributed by atoms with Gasteiger partial charge in [0.15, 0.2) is 5.03 Å². The van der Waals surface area contributed by atoms with Crippen molar-refractivity contribution in [2.24, 2.45) is 0 Å². The van der Waals surface area contributed by atoms with Crippen LogP contribution in [0, 0.1) is 11.3 Å². The molecule has 0 saturated carbocycles. The van der Waals surface area contributed by atoms with Gasteiger partial charge in [-0.3, -0.25) is 0 Å². The van der Waals surface area contributed by atoms with Crippen LogP contribution >= 0.6 is 0 Å². The van der Waals surface area contributed by atoms with Crippen LogP contribution in [0.1, 0.15) is 12.0 Å². The predicted molar refractivity (Wildman–Crippen MR) is 68.1 cm³/mol. The zero-order chi connectivity index (χ0) is 16.4. The Kier molecular flexibility index (Phi) is 4.69. The molecule has 1 aliphatic heterocycles. The highest BCUT2D eigenvalue weighted by Gasteiger charge is 2.38. The van der Waals surface area contributed by atoms with E-state index in [2.05, 4.69) is 4.98 Å². The third-order valence-electron chi connectivity index (χ3n) is 3.03. The minimum atomic E-state index is -4.43. The second kappa shape index (κ2) is 6.20. The number of halogens is 3. The summed E-state index contributed by atoms with van der Waals surface area (Å²) in [5.74, 6) is 0. The molecule has 1 fully saturated rings. The van der Waals surface area contributed by atoms with Crippen molar-refractivity contribution >= 4 is 10.0 Å². The zero-order valence-corrected chi connectivity index (χ0v) is 12.1. The molecule has 22 heavy (non-hydrogen) atoms. The lowest BCUT2D eigenvalue weighted by Gasteiger charge is -2.32. The van der Waals surface area contributed by atoms with Crippen LogP contribution in [0.2, 0.25) is 0 Å². The molecule has 1 unspecified atom stereocenters. The Morgan fingerprint density at radius 1 is 1.50 bits per heavy atom. The van der Waals surface area contributed by atoms with Crippen LogP contribution in [-0.2, 0) is 14.8 Å². The number of sulfonamides is 1. The molecule has 1 aliphatic rings. The van der Waals surface area contributed by atoms with Crippen molar-refractivity contribution in [1.29, 1.82) is 5.26 Å². The van der Waals surface area contributed by atoms with Gasteiger partial charge in [0.1, 0.15) is 0 Å². The van der Waals surface area contributed by atoms with Gasteiger partial charge in [0.25, 0.3) is 10.0 Å². The lowest BCUT2D eigenvalue weighted by Crippen LogP contribution is -2.47. The largest absolute Gasteiger partial charge is 0.391 e. The predicted octanol–water partition coefficient (Wildman–Crippen LogP) is 1.30. The van der Waals surface area contributed by atoms with Crippen LogP contribution in [0.3, 0.4) is 0 Å². The third kappa shape index (κ3) is 3.94. The molecule has 0 amide bonds. The molecular formula is C12H12F3N3O3S. The molecule has 0 bridgehead atoms. The van der Waals surface area contributed by atoms with Crippen LogP contribution in [0.25, 0.3) is 0 Å². The molecule has 0 aliphatic carbocycles. The molecule has 0 spiro atoms. The average Bonchev–Trinajstić information content (AvgIpc) is 2.46. The molecule has 0 aromatic carbocycles. The molecule has 2 rings (SSSR count). The summed E-state index contributed by atoms with van der Waals surface area (Å²) in [6, 6.07) is 4.21. The first kappa shape index (κ1) is 16.7. The standard InChI is InChI=1S/C12H12F3N3O3S/c13-12(14,15)6-10-8-18(3-4-21-10)22(19,20)11-5-9(7-16)1-2-17-11/h1-2,5,10H,3-4,6,8H2. The molecule has 6 nitrogen and oxygen atoms in total. The van der Waals surface area contributed by atoms with E-state index in [4.69, 9.17) is 10.00 Å². The fourth-order valence-electron chi connectivity index (χ4n) is 2.04. The molecule has 0 radical (unpaired) electrons. The second-order valence-corrected chi connectivity index (χ2v) is 6.55. The van der Waals surface area contributed by atoms with Crippen molar-refractivity contribution in [3.8, 4) is 6.07 Å². The average molecular weight is 335 g/mol. The number of nitrogens with zero attached hydrogens (tertiary/aromatic N) is 3. The normalized spacial score (nSPS) is 20.5. The first-order valence-electron chi connectivity index (χ1n) is 6.27. The summed E-state index contributed by atoms with van der Waals surface area (Å²) in [5, 5.41) is 8.41. The summed E-state index contributed by atoms with van der Waals surface area (Å²) in [4.78, 5) is 3.69. The fourth-order valence-corrected chi connectivity index (χ4v) is 3.46. The Balaban J connectivity index is 2.20. The second-order valence-electron chi connectivity index (χ2n) is 4.67. The molecule has 0 N–H and O–H groups in total. The maximum atomic E-state index is 12.4. The van der Waals surface area contributed by atoms with Crippen LogP contribution < -0.4 is 0 Å². The van der Waals surface area contributed by atoms with E-state index >= 15 is 0 Å². The first-order valence-corrected chi connectivity index (χ1v) is 7.71. The van der Waals surface area contributed by atoms with Crippen molar-refractivity contribution in [2.75, 3.05) is 19.7 Å². The highest BCUT2D eigenvalue weighted by Crippen LogP contribution is 2.26. The van der Waals surface area contributed by atoms with E-state index in [1.807, 2.05) is 0 Å². The SMILES string of the molecule is N#Cc1ccnc(S(=O)(=O)N2CCOC(CC(F)(F)F)C2)c1. The molecule has 1 aromatic rings. The van der Waals surface area contributed by atoms with Gasteiger partial charge in [-0.1, -0.05) is 0 Å². The minimum Gasteiger partial charge on any atom is -0.375 e. The van der Waals surface area contributed by atoms with Gasteiger partial charge < -0.3 is 4.74 Å². The molecule has 10 heteroatoms. The van der Waals surface area contributed by atoms with Crippen molar-refractivity contribution in [3.05, 3.63) is 23.9 Å². The lowest BCUT2D eigenvalue weighted by molar-refractivity contribution is -0.166. The Morgan fingerprint density at radius 2 is 2.23 bits per heavy atom. The van der Waals surface area contributed by atoms with Crippen molar-refractivity contribution in [3.63, 3.8) is 0 Å². The van der Waals surface area contributed by atoms with Gasteiger partial charge >= 0.3 is 6.18 Å². The van der Waals surface area contributed by atoms with Gasteiger partial charge in [-0.25, -0.2) is 13.4 Å². The van der Waals surface area contributed by atoms with Crippen molar-refractivity contribution in [2.45, 2.75) is 23.7 Å². The summed E-state index contributed by atoms with van der Waals surface area (Å²) >= 11 is 0. The van der Waals surface area contributed by atoms with Crippen molar-refractivity contribution in [1.82, 2.24) is 9.29 Å². The number of pyridine rings is 1. The number of alkyl halides is 3. The summed E-state index contributed by atoms with van der Waals surface area (Å²) in [7, 11) is -4.06. The van der Waals surface area contributed by atoms with Crippen LogP contribution in [0.4, 0.5) is 13.2 Å². The third-order valence-corrected chi connectivity index (χ3v) is 4.79. The number of aromatic nitrogens is 1. The number of rotatable bonds is 3. The van der Waals surface area contributed by atoms with Gasteiger partial charge in [0.2, 0.25) is 0 Å². The van der Waals surface area contributed by atoms with E-state index in [1.165, 1.54) is 12.3 Å². The summed E-state index contributed by atoms with van der Waals surface area (Å²) in [6.45, 7) is -0.590. The van der Waals surface area contributed by atoms with Gasteiger partial charge in [-0.2, -0.15) is 22.7 Å².